The Hall–Kier alpha value is -2.59. The Morgan fingerprint density at radius 2 is 1.57 bits per heavy atom. The van der Waals surface area contributed by atoms with E-state index in [0.717, 1.165) is 21.2 Å². The second-order valence-corrected chi connectivity index (χ2v) is 9.13. The second-order valence-electron chi connectivity index (χ2n) is 8.22. The molecule has 3 rings (SSSR count). The molecular formula is C26H27BrO3. The first-order valence-corrected chi connectivity index (χ1v) is 10.9. The van der Waals surface area contributed by atoms with Gasteiger partial charge in [-0.2, -0.15) is 0 Å². The van der Waals surface area contributed by atoms with E-state index in [1.54, 1.807) is 0 Å². The normalized spacial score (nSPS) is 12.3. The zero-order valence-corrected chi connectivity index (χ0v) is 19.4. The van der Waals surface area contributed by atoms with Gasteiger partial charge in [0.2, 0.25) is 0 Å². The number of carbonyl (C=O) groups excluding carboxylic acids is 1. The number of ether oxygens (including phenoxy) is 2. The van der Waals surface area contributed by atoms with Gasteiger partial charge in [-0.05, 0) is 53.3 Å². The highest BCUT2D eigenvalue weighted by molar-refractivity contribution is 9.10. The van der Waals surface area contributed by atoms with Crippen LogP contribution in [-0.2, 0) is 10.2 Å². The molecule has 0 radical (unpaired) electrons. The third-order valence-electron chi connectivity index (χ3n) is 4.83. The molecule has 0 heterocycles. The first kappa shape index (κ1) is 22.1. The van der Waals surface area contributed by atoms with Gasteiger partial charge in [0, 0.05) is 10.0 Å². The van der Waals surface area contributed by atoms with Crippen molar-refractivity contribution in [2.45, 2.75) is 45.6 Å². The molecule has 0 saturated heterocycles. The molecule has 1 atom stereocenters. The molecule has 0 aliphatic rings. The quantitative estimate of drug-likeness (QED) is 0.285. The summed E-state index contributed by atoms with van der Waals surface area (Å²) in [5, 5.41) is 0. The maximum atomic E-state index is 12.8. The summed E-state index contributed by atoms with van der Waals surface area (Å²) in [6, 6.07) is 23.6. The molecule has 3 nitrogen and oxygen atoms in total. The summed E-state index contributed by atoms with van der Waals surface area (Å²) in [4.78, 5) is 12.8. The van der Waals surface area contributed by atoms with E-state index in [4.69, 9.17) is 9.47 Å². The molecule has 30 heavy (non-hydrogen) atoms. The van der Waals surface area contributed by atoms with Crippen LogP contribution in [0.25, 0.3) is 11.1 Å². The van der Waals surface area contributed by atoms with E-state index < -0.39 is 12.1 Å². The maximum Gasteiger partial charge on any atom is 0.352 e. The fourth-order valence-electron chi connectivity index (χ4n) is 3.17. The lowest BCUT2D eigenvalue weighted by Crippen LogP contribution is -2.31. The Balaban J connectivity index is 1.73. The van der Waals surface area contributed by atoms with Gasteiger partial charge in [0.05, 0.1) is 0 Å². The highest BCUT2D eigenvalue weighted by Crippen LogP contribution is 2.34. The molecule has 0 bridgehead atoms. The van der Waals surface area contributed by atoms with E-state index in [1.807, 2.05) is 67.6 Å². The van der Waals surface area contributed by atoms with Crippen LogP contribution in [0.3, 0.4) is 0 Å². The van der Waals surface area contributed by atoms with Crippen molar-refractivity contribution < 1.29 is 14.3 Å². The lowest BCUT2D eigenvalue weighted by molar-refractivity contribution is -0.142. The van der Waals surface area contributed by atoms with E-state index in [2.05, 4.69) is 48.8 Å². The molecule has 0 N–H and O–H groups in total. The zero-order valence-electron chi connectivity index (χ0n) is 17.8. The number of rotatable bonds is 6. The van der Waals surface area contributed by atoms with Gasteiger partial charge in [-0.3, -0.25) is 0 Å². The van der Waals surface area contributed by atoms with Crippen molar-refractivity contribution in [2.75, 3.05) is 0 Å². The van der Waals surface area contributed by atoms with Gasteiger partial charge in [0.1, 0.15) is 11.5 Å². The summed E-state index contributed by atoms with van der Waals surface area (Å²) in [6.45, 7) is 8.19. The summed E-state index contributed by atoms with van der Waals surface area (Å²) in [7, 11) is 0. The minimum absolute atomic E-state index is 0.158. The third kappa shape index (κ3) is 5.51. The van der Waals surface area contributed by atoms with Gasteiger partial charge in [-0.25, -0.2) is 4.79 Å². The van der Waals surface area contributed by atoms with Crippen molar-refractivity contribution in [3.8, 4) is 22.6 Å². The topological polar surface area (TPSA) is 35.5 Å². The predicted molar refractivity (Wildman–Crippen MR) is 125 cm³/mol. The Bertz CT molecular complexity index is 989. The molecule has 1 unspecified atom stereocenters. The van der Waals surface area contributed by atoms with Crippen LogP contribution < -0.4 is 9.47 Å². The molecule has 0 fully saturated rings. The van der Waals surface area contributed by atoms with E-state index in [-0.39, 0.29) is 5.41 Å². The Morgan fingerprint density at radius 1 is 0.933 bits per heavy atom. The number of halogens is 1. The first-order chi connectivity index (χ1) is 14.3. The highest BCUT2D eigenvalue weighted by atomic mass is 79.9. The largest absolute Gasteiger partial charge is 0.479 e. The van der Waals surface area contributed by atoms with Crippen LogP contribution in [0.15, 0.2) is 77.3 Å². The van der Waals surface area contributed by atoms with Gasteiger partial charge < -0.3 is 9.47 Å². The zero-order chi connectivity index (χ0) is 21.7. The van der Waals surface area contributed by atoms with E-state index in [1.165, 1.54) is 0 Å². The lowest BCUT2D eigenvalue weighted by atomic mass is 9.86. The van der Waals surface area contributed by atoms with Crippen molar-refractivity contribution in [1.82, 2.24) is 0 Å². The van der Waals surface area contributed by atoms with Crippen molar-refractivity contribution in [1.29, 1.82) is 0 Å². The molecule has 0 saturated carbocycles. The SMILES string of the molecule is CCC(Oc1ccc(-c2ccccc2)cc1)C(=O)Oc1ccc(Br)cc1C(C)(C)C. The van der Waals surface area contributed by atoms with E-state index in [0.29, 0.717) is 17.9 Å². The third-order valence-corrected chi connectivity index (χ3v) is 5.33. The first-order valence-electron chi connectivity index (χ1n) is 10.1. The van der Waals surface area contributed by atoms with E-state index >= 15 is 0 Å². The molecule has 0 aromatic heterocycles. The number of hydrogen-bond acceptors (Lipinski definition) is 3. The fraction of sp³-hybridized carbons (Fsp3) is 0.269. The summed E-state index contributed by atoms with van der Waals surface area (Å²) in [6.07, 6.45) is -0.162. The molecule has 0 spiro atoms. The van der Waals surface area contributed by atoms with Crippen LogP contribution in [-0.4, -0.2) is 12.1 Å². The van der Waals surface area contributed by atoms with Crippen LogP contribution in [0.5, 0.6) is 11.5 Å². The number of hydrogen-bond donors (Lipinski definition) is 0. The van der Waals surface area contributed by atoms with Crippen molar-refractivity contribution in [2.24, 2.45) is 0 Å². The fourth-order valence-corrected chi connectivity index (χ4v) is 3.53. The van der Waals surface area contributed by atoms with Gasteiger partial charge >= 0.3 is 5.97 Å². The molecule has 0 aliphatic carbocycles. The number of benzene rings is 3. The monoisotopic (exact) mass is 466 g/mol. The van der Waals surface area contributed by atoms with Gasteiger partial charge in [0.15, 0.2) is 6.10 Å². The van der Waals surface area contributed by atoms with Gasteiger partial charge in [-0.15, -0.1) is 0 Å². The maximum absolute atomic E-state index is 12.8. The van der Waals surface area contributed by atoms with Crippen LogP contribution in [0.1, 0.15) is 39.7 Å². The van der Waals surface area contributed by atoms with Crippen molar-refractivity contribution >= 4 is 21.9 Å². The second kappa shape index (κ2) is 9.48. The summed E-state index contributed by atoms with van der Waals surface area (Å²) < 4.78 is 12.7. The van der Waals surface area contributed by atoms with Crippen LogP contribution >= 0.6 is 15.9 Å². The Kier molecular flexibility index (Phi) is 6.99. The minimum atomic E-state index is -0.677. The van der Waals surface area contributed by atoms with Gasteiger partial charge in [-0.1, -0.05) is 86.1 Å². The average molecular weight is 467 g/mol. The van der Waals surface area contributed by atoms with Crippen molar-refractivity contribution in [3.05, 3.63) is 82.8 Å². The Labute approximate surface area is 187 Å². The highest BCUT2D eigenvalue weighted by Gasteiger charge is 2.25. The van der Waals surface area contributed by atoms with Crippen LogP contribution in [0, 0.1) is 0 Å². The average Bonchev–Trinajstić information content (AvgIpc) is 2.73. The van der Waals surface area contributed by atoms with Crippen LogP contribution in [0.4, 0.5) is 0 Å². The number of esters is 1. The molecule has 3 aromatic carbocycles. The van der Waals surface area contributed by atoms with Crippen molar-refractivity contribution in [3.63, 3.8) is 0 Å². The molecule has 156 valence electrons. The smallest absolute Gasteiger partial charge is 0.352 e. The van der Waals surface area contributed by atoms with Gasteiger partial charge in [0.25, 0.3) is 0 Å². The molecule has 0 aliphatic heterocycles. The minimum Gasteiger partial charge on any atom is -0.479 e. The standard InChI is InChI=1S/C26H27BrO3/c1-5-23(25(28)30-24-16-13-20(27)17-22(24)26(2,3)4)29-21-14-11-19(12-15-21)18-9-7-6-8-10-18/h6-17,23H,5H2,1-4H3. The molecular weight excluding hydrogens is 440 g/mol. The lowest BCUT2D eigenvalue weighted by Gasteiger charge is -2.24. The van der Waals surface area contributed by atoms with E-state index in [9.17, 15) is 4.79 Å². The number of carbonyl (C=O) groups is 1. The molecule has 4 heteroatoms. The summed E-state index contributed by atoms with van der Waals surface area (Å²) in [5.74, 6) is 0.819. The molecule has 0 amide bonds. The predicted octanol–water partition coefficient (Wildman–Crippen LogP) is 7.18. The molecule has 3 aromatic rings. The summed E-state index contributed by atoms with van der Waals surface area (Å²) in [5.41, 5.74) is 3.05. The van der Waals surface area contributed by atoms with Crippen LogP contribution in [0.2, 0.25) is 0 Å². The Morgan fingerprint density at radius 3 is 2.17 bits per heavy atom. The summed E-state index contributed by atoms with van der Waals surface area (Å²) >= 11 is 3.50.